The monoisotopic (exact) mass is 334 g/mol. The number of hydrogen-bond donors (Lipinski definition) is 1. The van der Waals surface area contributed by atoms with Crippen LogP contribution in [0.1, 0.15) is 37.1 Å². The normalized spacial score (nSPS) is 12.7. The minimum Gasteiger partial charge on any atom is -0.378 e. The highest BCUT2D eigenvalue weighted by Gasteiger charge is 2.18. The summed E-state index contributed by atoms with van der Waals surface area (Å²) in [6.07, 6.45) is 0. The Balaban J connectivity index is 2.37. The number of benzene rings is 2. The average molecular weight is 334 g/mol. The molecule has 2 N–H and O–H groups in total. The Morgan fingerprint density at radius 1 is 0.913 bits per heavy atom. The van der Waals surface area contributed by atoms with E-state index in [1.54, 1.807) is 24.3 Å². The van der Waals surface area contributed by atoms with Gasteiger partial charge in [-0.05, 0) is 56.2 Å². The fraction of sp³-hybridized carbons (Fsp3) is 0.278. The summed E-state index contributed by atoms with van der Waals surface area (Å²) in [6.45, 7) is 5.89. The molecule has 2 aromatic carbocycles. The maximum atomic E-state index is 13.2. The fourth-order valence-electron chi connectivity index (χ4n) is 2.08. The third kappa shape index (κ3) is 5.36. The highest BCUT2D eigenvalue weighted by Crippen LogP contribution is 2.36. The van der Waals surface area contributed by atoms with Crippen LogP contribution in [0.15, 0.2) is 53.5 Å². The first-order valence-corrected chi connectivity index (χ1v) is 8.15. The van der Waals surface area contributed by atoms with Crippen LogP contribution >= 0.6 is 11.8 Å². The molecule has 0 bridgehead atoms. The number of halogens is 2. The van der Waals surface area contributed by atoms with Gasteiger partial charge in [0.25, 0.3) is 0 Å². The van der Waals surface area contributed by atoms with E-state index in [9.17, 15) is 8.78 Å². The van der Waals surface area contributed by atoms with Gasteiger partial charge in [-0.3, -0.25) is 4.99 Å². The lowest BCUT2D eigenvalue weighted by atomic mass is 10.0. The Morgan fingerprint density at radius 2 is 1.30 bits per heavy atom. The molecule has 0 fully saturated rings. The zero-order chi connectivity index (χ0) is 17.0. The largest absolute Gasteiger partial charge is 0.378 e. The zero-order valence-corrected chi connectivity index (χ0v) is 14.2. The molecule has 122 valence electrons. The van der Waals surface area contributed by atoms with Crippen LogP contribution in [0.3, 0.4) is 0 Å². The molecular formula is C18H20F2N2S. The van der Waals surface area contributed by atoms with Crippen molar-refractivity contribution in [3.8, 4) is 0 Å². The van der Waals surface area contributed by atoms with Gasteiger partial charge in [-0.15, -0.1) is 0 Å². The topological polar surface area (TPSA) is 38.4 Å². The lowest BCUT2D eigenvalue weighted by Gasteiger charge is -2.19. The summed E-state index contributed by atoms with van der Waals surface area (Å²) in [5, 5.41) is 0.262. The molecule has 0 radical (unpaired) electrons. The summed E-state index contributed by atoms with van der Waals surface area (Å²) >= 11 is 1.37. The van der Waals surface area contributed by atoms with E-state index in [1.165, 1.54) is 36.0 Å². The van der Waals surface area contributed by atoms with Gasteiger partial charge in [-0.1, -0.05) is 36.0 Å². The second-order valence-corrected chi connectivity index (χ2v) is 7.35. The molecule has 23 heavy (non-hydrogen) atoms. The van der Waals surface area contributed by atoms with E-state index in [2.05, 4.69) is 4.99 Å². The van der Waals surface area contributed by atoms with Gasteiger partial charge < -0.3 is 5.73 Å². The number of nitrogens with two attached hydrogens (primary N) is 1. The molecule has 0 aliphatic carbocycles. The highest BCUT2D eigenvalue weighted by molar-refractivity contribution is 8.14. The lowest BCUT2D eigenvalue weighted by Crippen LogP contribution is -2.19. The standard InChI is InChI=1S/C18H20F2N2S/c1-18(2,3)22-17(21)23-16(12-4-8-14(19)9-5-12)13-6-10-15(20)11-7-13/h4-11,16H,1-3H3,(H2,21,22). The minimum atomic E-state index is -0.298. The Morgan fingerprint density at radius 3 is 1.65 bits per heavy atom. The van der Waals surface area contributed by atoms with Gasteiger partial charge in [0.05, 0.1) is 10.8 Å². The van der Waals surface area contributed by atoms with Gasteiger partial charge in [-0.2, -0.15) is 0 Å². The average Bonchev–Trinajstić information content (AvgIpc) is 2.45. The molecule has 0 saturated heterocycles. The third-order valence-corrected chi connectivity index (χ3v) is 4.14. The quantitative estimate of drug-likeness (QED) is 0.640. The van der Waals surface area contributed by atoms with Gasteiger partial charge in [0.1, 0.15) is 11.6 Å². The number of nitrogens with zero attached hydrogens (tertiary/aromatic N) is 1. The molecule has 0 saturated carbocycles. The Kier molecular flexibility index (Phi) is 5.42. The van der Waals surface area contributed by atoms with Gasteiger partial charge in [0, 0.05) is 0 Å². The van der Waals surface area contributed by atoms with Crippen molar-refractivity contribution in [3.05, 3.63) is 71.3 Å². The first kappa shape index (κ1) is 17.5. The van der Waals surface area contributed by atoms with Crippen molar-refractivity contribution in [2.75, 3.05) is 0 Å². The van der Waals surface area contributed by atoms with Crippen LogP contribution in [-0.2, 0) is 0 Å². The number of thioether (sulfide) groups is 1. The van der Waals surface area contributed by atoms with E-state index >= 15 is 0 Å². The van der Waals surface area contributed by atoms with Crippen LogP contribution in [0, 0.1) is 11.6 Å². The van der Waals surface area contributed by atoms with Crippen LogP contribution in [0.5, 0.6) is 0 Å². The molecule has 0 aromatic heterocycles. The number of hydrogen-bond acceptors (Lipinski definition) is 2. The molecule has 0 unspecified atom stereocenters. The van der Waals surface area contributed by atoms with E-state index in [1.807, 2.05) is 20.8 Å². The van der Waals surface area contributed by atoms with E-state index in [0.29, 0.717) is 5.17 Å². The SMILES string of the molecule is CC(C)(C)N=C(N)SC(c1ccc(F)cc1)c1ccc(F)cc1. The number of rotatable bonds is 3. The minimum absolute atomic E-state index is 0.178. The summed E-state index contributed by atoms with van der Waals surface area (Å²) in [5.41, 5.74) is 7.54. The van der Waals surface area contributed by atoms with E-state index < -0.39 is 0 Å². The Labute approximate surface area is 139 Å². The second-order valence-electron chi connectivity index (χ2n) is 6.22. The van der Waals surface area contributed by atoms with Gasteiger partial charge >= 0.3 is 0 Å². The molecule has 0 heterocycles. The van der Waals surface area contributed by atoms with Crippen molar-refractivity contribution < 1.29 is 8.78 Å². The van der Waals surface area contributed by atoms with Crippen molar-refractivity contribution >= 4 is 16.9 Å². The van der Waals surface area contributed by atoms with E-state index in [-0.39, 0.29) is 22.4 Å². The highest BCUT2D eigenvalue weighted by atomic mass is 32.2. The molecule has 0 atom stereocenters. The predicted molar refractivity (Wildman–Crippen MR) is 93.6 cm³/mol. The number of aliphatic imine (C=N–C) groups is 1. The summed E-state index contributed by atoms with van der Waals surface area (Å²) in [4.78, 5) is 4.44. The van der Waals surface area contributed by atoms with Crippen LogP contribution in [0.2, 0.25) is 0 Å². The van der Waals surface area contributed by atoms with Crippen LogP contribution in [-0.4, -0.2) is 10.7 Å². The zero-order valence-electron chi connectivity index (χ0n) is 13.4. The van der Waals surface area contributed by atoms with Crippen LogP contribution < -0.4 is 5.73 Å². The first-order chi connectivity index (χ1) is 10.7. The maximum Gasteiger partial charge on any atom is 0.155 e. The van der Waals surface area contributed by atoms with Crippen molar-refractivity contribution in [1.29, 1.82) is 0 Å². The van der Waals surface area contributed by atoms with Gasteiger partial charge in [-0.25, -0.2) is 8.78 Å². The molecule has 0 aliphatic heterocycles. The molecule has 0 spiro atoms. The molecule has 0 amide bonds. The van der Waals surface area contributed by atoms with Crippen LogP contribution in [0.25, 0.3) is 0 Å². The summed E-state index contributed by atoms with van der Waals surface area (Å²) in [5.74, 6) is -0.596. The second kappa shape index (κ2) is 7.13. The van der Waals surface area contributed by atoms with Crippen molar-refractivity contribution in [2.45, 2.75) is 31.6 Å². The molecule has 0 aliphatic rings. The summed E-state index contributed by atoms with van der Waals surface area (Å²) in [7, 11) is 0. The van der Waals surface area contributed by atoms with Gasteiger partial charge in [0.2, 0.25) is 0 Å². The smallest absolute Gasteiger partial charge is 0.155 e. The lowest BCUT2D eigenvalue weighted by molar-refractivity contribution is 0.585. The van der Waals surface area contributed by atoms with E-state index in [0.717, 1.165) is 11.1 Å². The molecule has 2 rings (SSSR count). The van der Waals surface area contributed by atoms with Crippen molar-refractivity contribution in [1.82, 2.24) is 0 Å². The summed E-state index contributed by atoms with van der Waals surface area (Å²) in [6, 6.07) is 12.5. The fourth-order valence-corrected chi connectivity index (χ4v) is 3.24. The Bertz CT molecular complexity index is 628. The summed E-state index contributed by atoms with van der Waals surface area (Å²) < 4.78 is 26.4. The first-order valence-electron chi connectivity index (χ1n) is 7.27. The van der Waals surface area contributed by atoms with E-state index in [4.69, 9.17) is 5.73 Å². The maximum absolute atomic E-state index is 13.2. The third-order valence-electron chi connectivity index (χ3n) is 3.03. The molecule has 2 aromatic rings. The predicted octanol–water partition coefficient (Wildman–Crippen LogP) is 4.90. The molecular weight excluding hydrogens is 314 g/mol. The van der Waals surface area contributed by atoms with Crippen LogP contribution in [0.4, 0.5) is 8.78 Å². The van der Waals surface area contributed by atoms with Gasteiger partial charge in [0.15, 0.2) is 5.17 Å². The molecule has 2 nitrogen and oxygen atoms in total. The Hall–Kier alpha value is -1.88. The van der Waals surface area contributed by atoms with Crippen molar-refractivity contribution in [2.24, 2.45) is 10.7 Å². The van der Waals surface area contributed by atoms with Crippen molar-refractivity contribution in [3.63, 3.8) is 0 Å². The number of amidine groups is 1. The molecule has 5 heteroatoms.